The highest BCUT2D eigenvalue weighted by Crippen LogP contribution is 2.29. The van der Waals surface area contributed by atoms with Crippen molar-refractivity contribution >= 4 is 42.6 Å². The van der Waals surface area contributed by atoms with E-state index in [9.17, 15) is 0 Å². The van der Waals surface area contributed by atoms with E-state index in [0.717, 1.165) is 38.5 Å². The van der Waals surface area contributed by atoms with Crippen LogP contribution in [0, 0.1) is 0 Å². The minimum atomic E-state index is -0.627. The van der Waals surface area contributed by atoms with Crippen LogP contribution in [0.5, 0.6) is 0 Å². The molecule has 216 valence electrons. The first-order chi connectivity index (χ1) is 19.7. The standard InChI is InChI=1S/C33H45BO3S3/c1-4-28(38-31-16-10-7-11-17-31)22-25-35-34(36-26-23-29(5-2)39-32-18-12-8-13-19-32)37-27-24-30(6-3)40-33-20-14-9-15-21-33/h7-21,28-30H,4-6,22-27H2,1-3H3. The Hall–Kier alpha value is -1.35. The molecule has 3 aromatic rings. The molecule has 0 aliphatic heterocycles. The van der Waals surface area contributed by atoms with Crippen LogP contribution >= 0.6 is 35.3 Å². The van der Waals surface area contributed by atoms with Crippen molar-refractivity contribution in [1.82, 2.24) is 0 Å². The summed E-state index contributed by atoms with van der Waals surface area (Å²) in [5.41, 5.74) is 0. The third kappa shape index (κ3) is 13.5. The molecule has 0 aliphatic rings. The molecule has 7 heteroatoms. The molecule has 0 spiro atoms. The van der Waals surface area contributed by atoms with Crippen LogP contribution in [0.1, 0.15) is 59.3 Å². The van der Waals surface area contributed by atoms with Crippen molar-refractivity contribution in [3.05, 3.63) is 91.0 Å². The Morgan fingerprint density at radius 3 is 1.00 bits per heavy atom. The average molecular weight is 597 g/mol. The lowest BCUT2D eigenvalue weighted by atomic mass is 10.2. The van der Waals surface area contributed by atoms with Gasteiger partial charge in [0.05, 0.1) is 0 Å². The van der Waals surface area contributed by atoms with Gasteiger partial charge in [0.15, 0.2) is 0 Å². The molecule has 3 aromatic carbocycles. The van der Waals surface area contributed by atoms with Gasteiger partial charge in [-0.3, -0.25) is 0 Å². The third-order valence-electron chi connectivity index (χ3n) is 6.59. The number of hydrogen-bond acceptors (Lipinski definition) is 6. The van der Waals surface area contributed by atoms with Crippen LogP contribution in [-0.2, 0) is 14.0 Å². The summed E-state index contributed by atoms with van der Waals surface area (Å²) in [5.74, 6) is 0. The zero-order valence-corrected chi connectivity index (χ0v) is 26.7. The first kappa shape index (κ1) is 33.2. The second kappa shape index (κ2) is 20.5. The molecule has 3 rings (SSSR count). The lowest BCUT2D eigenvalue weighted by molar-refractivity contribution is 0.0899. The predicted molar refractivity (Wildman–Crippen MR) is 177 cm³/mol. The second-order valence-electron chi connectivity index (χ2n) is 9.65. The van der Waals surface area contributed by atoms with Crippen molar-refractivity contribution in [1.29, 1.82) is 0 Å². The van der Waals surface area contributed by atoms with Crippen LogP contribution in [0.4, 0.5) is 0 Å². The van der Waals surface area contributed by atoms with E-state index in [-0.39, 0.29) is 0 Å². The summed E-state index contributed by atoms with van der Waals surface area (Å²) in [7, 11) is -0.627. The first-order valence-electron chi connectivity index (χ1n) is 14.7. The quantitative estimate of drug-likeness (QED) is 0.0898. The summed E-state index contributed by atoms with van der Waals surface area (Å²) in [5, 5.41) is 1.50. The van der Waals surface area contributed by atoms with Gasteiger partial charge >= 0.3 is 7.32 Å². The second-order valence-corrected chi connectivity index (χ2v) is 13.8. The van der Waals surface area contributed by atoms with E-state index in [1.54, 1.807) is 0 Å². The summed E-state index contributed by atoms with van der Waals surface area (Å²) >= 11 is 5.77. The van der Waals surface area contributed by atoms with Gasteiger partial charge in [-0.05, 0) is 74.9 Å². The summed E-state index contributed by atoms with van der Waals surface area (Å²) in [4.78, 5) is 3.92. The van der Waals surface area contributed by atoms with Gasteiger partial charge in [0, 0.05) is 50.3 Å². The van der Waals surface area contributed by atoms with Gasteiger partial charge in [0.2, 0.25) is 0 Å². The van der Waals surface area contributed by atoms with Gasteiger partial charge in [-0.15, -0.1) is 35.3 Å². The number of hydrogen-bond donors (Lipinski definition) is 0. The van der Waals surface area contributed by atoms with Crippen LogP contribution in [-0.4, -0.2) is 42.9 Å². The van der Waals surface area contributed by atoms with Crippen molar-refractivity contribution < 1.29 is 14.0 Å². The van der Waals surface area contributed by atoms with Gasteiger partial charge in [-0.25, -0.2) is 0 Å². The molecule has 0 saturated carbocycles. The Morgan fingerprint density at radius 1 is 0.475 bits per heavy atom. The zero-order chi connectivity index (χ0) is 28.3. The molecule has 0 heterocycles. The van der Waals surface area contributed by atoms with Crippen LogP contribution < -0.4 is 0 Å². The Balaban J connectivity index is 1.48. The Labute approximate surface area is 256 Å². The maximum Gasteiger partial charge on any atom is 0.639 e. The van der Waals surface area contributed by atoms with Gasteiger partial charge in [-0.2, -0.15) is 0 Å². The van der Waals surface area contributed by atoms with E-state index in [1.165, 1.54) is 14.7 Å². The molecule has 0 aliphatic carbocycles. The minimum Gasteiger partial charge on any atom is -0.386 e. The van der Waals surface area contributed by atoms with Gasteiger partial charge in [0.25, 0.3) is 0 Å². The first-order valence-corrected chi connectivity index (χ1v) is 17.3. The topological polar surface area (TPSA) is 27.7 Å². The van der Waals surface area contributed by atoms with Crippen LogP contribution in [0.25, 0.3) is 0 Å². The van der Waals surface area contributed by atoms with Gasteiger partial charge < -0.3 is 14.0 Å². The number of rotatable bonds is 21. The highest BCUT2D eigenvalue weighted by molar-refractivity contribution is 8.00. The average Bonchev–Trinajstić information content (AvgIpc) is 3.00. The van der Waals surface area contributed by atoms with Crippen molar-refractivity contribution in [2.45, 2.75) is 89.7 Å². The lowest BCUT2D eigenvalue weighted by Gasteiger charge is -2.20. The maximum atomic E-state index is 6.21. The molecular weight excluding hydrogens is 551 g/mol. The summed E-state index contributed by atoms with van der Waals surface area (Å²) < 4.78 is 18.6. The van der Waals surface area contributed by atoms with Crippen LogP contribution in [0.15, 0.2) is 106 Å². The molecule has 3 unspecified atom stereocenters. The van der Waals surface area contributed by atoms with E-state index in [0.29, 0.717) is 35.6 Å². The smallest absolute Gasteiger partial charge is 0.386 e. The Kier molecular flexibility index (Phi) is 17.0. The van der Waals surface area contributed by atoms with Crippen LogP contribution in [0.3, 0.4) is 0 Å². The van der Waals surface area contributed by atoms with E-state index >= 15 is 0 Å². The molecule has 0 saturated heterocycles. The summed E-state index contributed by atoms with van der Waals surface area (Å²) in [6.45, 7) is 8.60. The Morgan fingerprint density at radius 2 is 0.750 bits per heavy atom. The molecule has 3 nitrogen and oxygen atoms in total. The van der Waals surface area contributed by atoms with Gasteiger partial charge in [0.1, 0.15) is 0 Å². The molecule has 0 amide bonds. The summed E-state index contributed by atoms with van der Waals surface area (Å²) in [6, 6.07) is 31.9. The van der Waals surface area contributed by atoms with E-state index in [2.05, 4.69) is 112 Å². The van der Waals surface area contributed by atoms with E-state index < -0.39 is 7.32 Å². The largest absolute Gasteiger partial charge is 0.639 e. The van der Waals surface area contributed by atoms with E-state index in [4.69, 9.17) is 14.0 Å². The van der Waals surface area contributed by atoms with Crippen molar-refractivity contribution in [2.75, 3.05) is 19.8 Å². The Bertz CT molecular complexity index is 881. The van der Waals surface area contributed by atoms with Crippen molar-refractivity contribution in [3.63, 3.8) is 0 Å². The number of thioether (sulfide) groups is 3. The molecule has 0 bridgehead atoms. The number of benzene rings is 3. The van der Waals surface area contributed by atoms with Crippen LogP contribution in [0.2, 0.25) is 0 Å². The minimum absolute atomic E-state index is 0.501. The van der Waals surface area contributed by atoms with Crippen molar-refractivity contribution in [2.24, 2.45) is 0 Å². The third-order valence-corrected chi connectivity index (χ3v) is 10.9. The molecule has 0 N–H and O–H groups in total. The normalized spacial score (nSPS) is 13.6. The molecule has 3 atom stereocenters. The predicted octanol–water partition coefficient (Wildman–Crippen LogP) is 9.90. The van der Waals surface area contributed by atoms with Crippen molar-refractivity contribution in [3.8, 4) is 0 Å². The SMILES string of the molecule is CCC(CCOB(OCCC(CC)Sc1ccccc1)OCCC(CC)Sc1ccccc1)Sc1ccccc1. The summed E-state index contributed by atoms with van der Waals surface area (Å²) in [6.07, 6.45) is 6.17. The lowest BCUT2D eigenvalue weighted by Crippen LogP contribution is -2.30. The monoisotopic (exact) mass is 596 g/mol. The molecule has 0 fully saturated rings. The maximum absolute atomic E-state index is 6.21. The molecule has 0 aromatic heterocycles. The zero-order valence-electron chi connectivity index (χ0n) is 24.3. The highest BCUT2D eigenvalue weighted by atomic mass is 32.2. The fourth-order valence-electron chi connectivity index (χ4n) is 4.15. The van der Waals surface area contributed by atoms with Gasteiger partial charge in [-0.1, -0.05) is 75.4 Å². The fourth-order valence-corrected chi connectivity index (χ4v) is 7.38. The molecule has 40 heavy (non-hydrogen) atoms. The fraction of sp³-hybridized carbons (Fsp3) is 0.455. The highest BCUT2D eigenvalue weighted by Gasteiger charge is 2.24. The molecule has 0 radical (unpaired) electrons. The van der Waals surface area contributed by atoms with E-state index in [1.807, 2.05) is 35.3 Å². The molecular formula is C33H45BO3S3.